The molecule has 2 aromatic rings. The first-order chi connectivity index (χ1) is 11.7. The molecule has 0 aliphatic carbocycles. The lowest BCUT2D eigenvalue weighted by Gasteiger charge is -2.18. The average molecular weight is 330 g/mol. The van der Waals surface area contributed by atoms with Gasteiger partial charge in [-0.1, -0.05) is 12.1 Å². The SMILES string of the molecule is O=c1ccccn1CCCCNC1CCCOc2cc(F)ccc21. The molecule has 0 spiro atoms. The summed E-state index contributed by atoms with van der Waals surface area (Å²) in [5, 5.41) is 3.55. The van der Waals surface area contributed by atoms with E-state index >= 15 is 0 Å². The Hall–Kier alpha value is -2.14. The second-order valence-electron chi connectivity index (χ2n) is 6.12. The minimum atomic E-state index is -0.261. The molecule has 0 saturated heterocycles. The van der Waals surface area contributed by atoms with Gasteiger partial charge in [0.25, 0.3) is 0 Å². The van der Waals surface area contributed by atoms with Gasteiger partial charge in [-0.25, -0.2) is 4.39 Å². The molecule has 5 heteroatoms. The highest BCUT2D eigenvalue weighted by Gasteiger charge is 2.19. The number of rotatable bonds is 6. The normalized spacial score (nSPS) is 17.0. The Morgan fingerprint density at radius 1 is 1.25 bits per heavy atom. The highest BCUT2D eigenvalue weighted by molar-refractivity contribution is 5.37. The Bertz CT molecular complexity index is 729. The van der Waals surface area contributed by atoms with Crippen molar-refractivity contribution in [2.24, 2.45) is 0 Å². The van der Waals surface area contributed by atoms with Crippen LogP contribution in [-0.2, 0) is 6.54 Å². The van der Waals surface area contributed by atoms with E-state index in [2.05, 4.69) is 5.32 Å². The number of fused-ring (bicyclic) bond motifs is 1. The van der Waals surface area contributed by atoms with E-state index in [1.807, 2.05) is 18.3 Å². The van der Waals surface area contributed by atoms with Gasteiger partial charge in [-0.15, -0.1) is 0 Å². The number of nitrogens with zero attached hydrogens (tertiary/aromatic N) is 1. The predicted octanol–water partition coefficient (Wildman–Crippen LogP) is 3.27. The van der Waals surface area contributed by atoms with E-state index in [1.54, 1.807) is 16.7 Å². The van der Waals surface area contributed by atoms with E-state index in [4.69, 9.17) is 4.74 Å². The minimum Gasteiger partial charge on any atom is -0.493 e. The Kier molecular flexibility index (Phi) is 5.64. The van der Waals surface area contributed by atoms with E-state index in [0.29, 0.717) is 12.4 Å². The molecule has 1 aliphatic heterocycles. The van der Waals surface area contributed by atoms with Crippen LogP contribution in [0.1, 0.15) is 37.3 Å². The number of benzene rings is 1. The van der Waals surface area contributed by atoms with Gasteiger partial charge in [-0.05, 0) is 44.4 Å². The molecule has 0 bridgehead atoms. The molecule has 0 fully saturated rings. The fraction of sp³-hybridized carbons (Fsp3) is 0.421. The Morgan fingerprint density at radius 2 is 2.17 bits per heavy atom. The molecular weight excluding hydrogens is 307 g/mol. The van der Waals surface area contributed by atoms with Crippen LogP contribution in [-0.4, -0.2) is 17.7 Å². The summed E-state index contributed by atoms with van der Waals surface area (Å²) in [7, 11) is 0. The number of halogens is 1. The van der Waals surface area contributed by atoms with Crippen LogP contribution in [0.2, 0.25) is 0 Å². The number of hydrogen-bond donors (Lipinski definition) is 1. The fourth-order valence-electron chi connectivity index (χ4n) is 3.09. The third-order valence-corrected chi connectivity index (χ3v) is 4.36. The zero-order valence-corrected chi connectivity index (χ0v) is 13.7. The third kappa shape index (κ3) is 4.23. The van der Waals surface area contributed by atoms with Crippen LogP contribution < -0.4 is 15.6 Å². The summed E-state index contributed by atoms with van der Waals surface area (Å²) in [6, 6.07) is 10.2. The van der Waals surface area contributed by atoms with Gasteiger partial charge in [-0.2, -0.15) is 0 Å². The maximum Gasteiger partial charge on any atom is 0.250 e. The van der Waals surface area contributed by atoms with Crippen LogP contribution in [0.5, 0.6) is 5.75 Å². The molecule has 24 heavy (non-hydrogen) atoms. The molecule has 0 saturated carbocycles. The first-order valence-corrected chi connectivity index (χ1v) is 8.55. The summed E-state index contributed by atoms with van der Waals surface area (Å²) in [5.41, 5.74) is 1.08. The third-order valence-electron chi connectivity index (χ3n) is 4.36. The van der Waals surface area contributed by atoms with Gasteiger partial charge in [0.15, 0.2) is 0 Å². The molecule has 1 atom stereocenters. The minimum absolute atomic E-state index is 0.0438. The molecule has 1 aliphatic rings. The Balaban J connectivity index is 1.50. The molecule has 1 aromatic heterocycles. The summed E-state index contributed by atoms with van der Waals surface area (Å²) in [6.45, 7) is 2.23. The summed E-state index contributed by atoms with van der Waals surface area (Å²) >= 11 is 0. The summed E-state index contributed by atoms with van der Waals surface area (Å²) in [6.07, 6.45) is 5.68. The van der Waals surface area contributed by atoms with Crippen molar-refractivity contribution in [3.8, 4) is 5.75 Å². The first-order valence-electron chi connectivity index (χ1n) is 8.55. The molecule has 3 rings (SSSR count). The number of nitrogens with one attached hydrogen (secondary N) is 1. The van der Waals surface area contributed by atoms with Gasteiger partial charge in [0.1, 0.15) is 11.6 Å². The van der Waals surface area contributed by atoms with Crippen LogP contribution in [0.15, 0.2) is 47.4 Å². The van der Waals surface area contributed by atoms with Gasteiger partial charge in [-0.3, -0.25) is 4.79 Å². The molecule has 0 radical (unpaired) electrons. The number of aryl methyl sites for hydroxylation is 1. The Labute approximate surface area is 141 Å². The highest BCUT2D eigenvalue weighted by atomic mass is 19.1. The molecule has 4 nitrogen and oxygen atoms in total. The second-order valence-corrected chi connectivity index (χ2v) is 6.12. The smallest absolute Gasteiger partial charge is 0.250 e. The van der Waals surface area contributed by atoms with Crippen LogP contribution in [0, 0.1) is 5.82 Å². The molecule has 1 unspecified atom stereocenters. The predicted molar refractivity (Wildman–Crippen MR) is 91.8 cm³/mol. The van der Waals surface area contributed by atoms with Crippen molar-refractivity contribution >= 4 is 0 Å². The molecule has 1 N–H and O–H groups in total. The van der Waals surface area contributed by atoms with Crippen molar-refractivity contribution in [1.82, 2.24) is 9.88 Å². The van der Waals surface area contributed by atoms with Crippen molar-refractivity contribution in [2.45, 2.75) is 38.3 Å². The lowest BCUT2D eigenvalue weighted by atomic mass is 10.0. The molecule has 2 heterocycles. The maximum absolute atomic E-state index is 13.4. The van der Waals surface area contributed by atoms with Crippen molar-refractivity contribution < 1.29 is 9.13 Å². The lowest BCUT2D eigenvalue weighted by molar-refractivity contribution is 0.313. The average Bonchev–Trinajstić information content (AvgIpc) is 2.78. The topological polar surface area (TPSA) is 43.3 Å². The molecular formula is C19H23FN2O2. The van der Waals surface area contributed by atoms with E-state index in [1.165, 1.54) is 12.1 Å². The number of hydrogen-bond acceptors (Lipinski definition) is 3. The summed E-state index contributed by atoms with van der Waals surface area (Å²) in [4.78, 5) is 11.6. The number of aromatic nitrogens is 1. The Morgan fingerprint density at radius 3 is 3.04 bits per heavy atom. The van der Waals surface area contributed by atoms with Crippen molar-refractivity contribution in [3.05, 3.63) is 64.3 Å². The van der Waals surface area contributed by atoms with E-state index in [0.717, 1.165) is 44.3 Å². The quantitative estimate of drug-likeness (QED) is 0.827. The number of ether oxygens (including phenoxy) is 1. The molecule has 1 aromatic carbocycles. The van der Waals surface area contributed by atoms with Crippen LogP contribution in [0.3, 0.4) is 0 Å². The maximum atomic E-state index is 13.4. The largest absolute Gasteiger partial charge is 0.493 e. The van der Waals surface area contributed by atoms with Gasteiger partial charge in [0.05, 0.1) is 6.61 Å². The standard InChI is InChI=1S/C19H23FN2O2/c20-15-8-9-16-17(6-5-13-24-18(16)14-15)21-10-2-4-12-22-11-3-1-7-19(22)23/h1,3,7-9,11,14,17,21H,2,4-6,10,12-13H2. The van der Waals surface area contributed by atoms with E-state index in [-0.39, 0.29) is 17.4 Å². The van der Waals surface area contributed by atoms with Crippen LogP contribution >= 0.6 is 0 Å². The molecule has 0 amide bonds. The lowest BCUT2D eigenvalue weighted by Crippen LogP contribution is -2.23. The number of unbranched alkanes of at least 4 members (excludes halogenated alkanes) is 1. The first kappa shape index (κ1) is 16.7. The van der Waals surface area contributed by atoms with Gasteiger partial charge >= 0.3 is 0 Å². The van der Waals surface area contributed by atoms with E-state index < -0.39 is 0 Å². The van der Waals surface area contributed by atoms with Crippen molar-refractivity contribution in [3.63, 3.8) is 0 Å². The fourth-order valence-corrected chi connectivity index (χ4v) is 3.09. The second kappa shape index (κ2) is 8.11. The van der Waals surface area contributed by atoms with Crippen LogP contribution in [0.25, 0.3) is 0 Å². The summed E-state index contributed by atoms with van der Waals surface area (Å²) < 4.78 is 20.7. The number of pyridine rings is 1. The highest BCUT2D eigenvalue weighted by Crippen LogP contribution is 2.31. The zero-order valence-electron chi connectivity index (χ0n) is 13.7. The van der Waals surface area contributed by atoms with Gasteiger partial charge in [0.2, 0.25) is 5.56 Å². The van der Waals surface area contributed by atoms with Gasteiger partial charge in [0, 0.05) is 36.5 Å². The summed E-state index contributed by atoms with van der Waals surface area (Å²) in [5.74, 6) is 0.392. The van der Waals surface area contributed by atoms with Gasteiger partial charge < -0.3 is 14.6 Å². The van der Waals surface area contributed by atoms with E-state index in [9.17, 15) is 9.18 Å². The zero-order chi connectivity index (χ0) is 16.8. The monoisotopic (exact) mass is 330 g/mol. The van der Waals surface area contributed by atoms with Crippen molar-refractivity contribution in [1.29, 1.82) is 0 Å². The van der Waals surface area contributed by atoms with Crippen molar-refractivity contribution in [2.75, 3.05) is 13.2 Å². The molecule has 128 valence electrons. The van der Waals surface area contributed by atoms with Crippen LogP contribution in [0.4, 0.5) is 4.39 Å².